The largest absolute Gasteiger partial charge is 0.453 e. The normalized spacial score (nSPS) is 16.8. The van der Waals surface area contributed by atoms with Gasteiger partial charge in [0.05, 0.1) is 22.9 Å². The van der Waals surface area contributed by atoms with Gasteiger partial charge in [-0.2, -0.15) is 18.0 Å². The average Bonchev–Trinajstić information content (AvgIpc) is 3.21. The Morgan fingerprint density at radius 2 is 2.09 bits per heavy atom. The molecule has 166 valence electrons. The molecule has 1 N–H and O–H groups in total. The Bertz CT molecular complexity index is 1420. The molecule has 32 heavy (non-hydrogen) atoms. The number of nitrogens with zero attached hydrogens (tertiary/aromatic N) is 4. The van der Waals surface area contributed by atoms with Crippen LogP contribution < -0.4 is 15.0 Å². The summed E-state index contributed by atoms with van der Waals surface area (Å²) < 4.78 is 63.0. The van der Waals surface area contributed by atoms with Crippen LogP contribution in [0.5, 0.6) is 11.5 Å². The van der Waals surface area contributed by atoms with Crippen molar-refractivity contribution < 1.29 is 21.9 Å². The van der Waals surface area contributed by atoms with E-state index < -0.39 is 33.5 Å². The van der Waals surface area contributed by atoms with E-state index in [1.165, 1.54) is 36.1 Å². The molecule has 1 aliphatic rings. The van der Waals surface area contributed by atoms with Gasteiger partial charge in [-0.25, -0.2) is 13.8 Å². The van der Waals surface area contributed by atoms with Crippen LogP contribution in [0.3, 0.4) is 0 Å². The summed E-state index contributed by atoms with van der Waals surface area (Å²) in [5.74, 6) is -1.37. The fourth-order valence-electron chi connectivity index (χ4n) is 3.33. The van der Waals surface area contributed by atoms with E-state index in [9.17, 15) is 27.3 Å². The predicted octanol–water partition coefficient (Wildman–Crippen LogP) is 2.44. The van der Waals surface area contributed by atoms with Gasteiger partial charge in [-0.1, -0.05) is 0 Å². The van der Waals surface area contributed by atoms with Crippen molar-refractivity contribution in [2.75, 3.05) is 17.8 Å². The first-order valence-corrected chi connectivity index (χ1v) is 10.9. The van der Waals surface area contributed by atoms with E-state index >= 15 is 0 Å². The van der Waals surface area contributed by atoms with Crippen LogP contribution in [0.2, 0.25) is 0 Å². The molecule has 1 atom stereocenters. The summed E-state index contributed by atoms with van der Waals surface area (Å²) in [5.41, 5.74) is -0.562. The molecule has 0 radical (unpaired) electrons. The molecule has 0 amide bonds. The molecule has 0 saturated carbocycles. The van der Waals surface area contributed by atoms with E-state index in [4.69, 9.17) is 4.74 Å². The average molecular weight is 461 g/mol. The molecule has 0 aliphatic carbocycles. The van der Waals surface area contributed by atoms with Gasteiger partial charge in [0.25, 0.3) is 5.56 Å². The van der Waals surface area contributed by atoms with Gasteiger partial charge in [0.15, 0.2) is 11.6 Å². The number of nitrogens with one attached hydrogen (secondary N) is 1. The summed E-state index contributed by atoms with van der Waals surface area (Å²) in [6, 6.07) is 8.07. The van der Waals surface area contributed by atoms with Crippen LogP contribution in [0, 0.1) is 17.1 Å². The molecule has 0 bridgehead atoms. The lowest BCUT2D eigenvalue weighted by Crippen LogP contribution is -2.34. The van der Waals surface area contributed by atoms with Crippen LogP contribution in [0.4, 0.5) is 14.5 Å². The summed E-state index contributed by atoms with van der Waals surface area (Å²) in [6.07, 6.45) is 0.156. The Hall–Kier alpha value is -3.56. The highest BCUT2D eigenvalue weighted by Crippen LogP contribution is 2.34. The van der Waals surface area contributed by atoms with Crippen LogP contribution in [0.25, 0.3) is 10.9 Å². The number of anilines is 1. The van der Waals surface area contributed by atoms with Crippen molar-refractivity contribution in [1.82, 2.24) is 13.9 Å². The Morgan fingerprint density at radius 3 is 2.78 bits per heavy atom. The van der Waals surface area contributed by atoms with Crippen molar-refractivity contribution in [3.8, 4) is 17.6 Å². The maximum absolute atomic E-state index is 14.6. The predicted molar refractivity (Wildman–Crippen MR) is 112 cm³/mol. The lowest BCUT2D eigenvalue weighted by atomic mass is 10.1. The van der Waals surface area contributed by atoms with Crippen LogP contribution in [-0.2, 0) is 17.3 Å². The maximum atomic E-state index is 14.6. The topological polar surface area (TPSA) is 117 Å². The quantitative estimate of drug-likeness (QED) is 0.624. The lowest BCUT2D eigenvalue weighted by Gasteiger charge is -2.18. The third-order valence-electron chi connectivity index (χ3n) is 5.00. The monoisotopic (exact) mass is 461 g/mol. The minimum Gasteiger partial charge on any atom is -0.453 e. The number of hydrogen-bond acceptors (Lipinski definition) is 6. The third-order valence-corrected chi connectivity index (χ3v) is 6.49. The van der Waals surface area contributed by atoms with E-state index in [1.54, 1.807) is 6.07 Å². The maximum Gasteiger partial charge on any atom is 0.301 e. The van der Waals surface area contributed by atoms with Gasteiger partial charge in [0.2, 0.25) is 0 Å². The molecular weight excluding hydrogens is 444 g/mol. The Balaban J connectivity index is 1.71. The zero-order valence-electron chi connectivity index (χ0n) is 16.7. The highest BCUT2D eigenvalue weighted by Gasteiger charge is 2.32. The van der Waals surface area contributed by atoms with Gasteiger partial charge in [-0.05, 0) is 36.8 Å². The zero-order valence-corrected chi connectivity index (χ0v) is 17.6. The van der Waals surface area contributed by atoms with Gasteiger partial charge in [0.1, 0.15) is 23.6 Å². The van der Waals surface area contributed by atoms with E-state index in [1.807, 2.05) is 0 Å². The fraction of sp³-hybridized carbons (Fsp3) is 0.250. The van der Waals surface area contributed by atoms with E-state index in [0.717, 1.165) is 16.4 Å². The molecule has 0 unspecified atom stereocenters. The van der Waals surface area contributed by atoms with Gasteiger partial charge in [-0.3, -0.25) is 9.52 Å². The number of halogens is 2. The molecule has 1 fully saturated rings. The van der Waals surface area contributed by atoms with Crippen molar-refractivity contribution >= 4 is 26.8 Å². The van der Waals surface area contributed by atoms with Crippen LogP contribution in [0.15, 0.2) is 41.5 Å². The Labute approximate surface area is 181 Å². The summed E-state index contributed by atoms with van der Waals surface area (Å²) in [5, 5.41) is 9.81. The van der Waals surface area contributed by atoms with Crippen molar-refractivity contribution in [3.05, 3.63) is 58.4 Å². The molecule has 9 nitrogen and oxygen atoms in total. The number of alkyl halides is 1. The van der Waals surface area contributed by atoms with Crippen molar-refractivity contribution in [1.29, 1.82) is 5.26 Å². The Kier molecular flexibility index (Phi) is 5.53. The van der Waals surface area contributed by atoms with Crippen LogP contribution >= 0.6 is 0 Å². The molecule has 1 saturated heterocycles. The van der Waals surface area contributed by atoms with E-state index in [0.29, 0.717) is 5.52 Å². The minimum atomic E-state index is -4.16. The van der Waals surface area contributed by atoms with Crippen molar-refractivity contribution in [2.45, 2.75) is 12.6 Å². The summed E-state index contributed by atoms with van der Waals surface area (Å²) in [7, 11) is -2.63. The molecule has 12 heteroatoms. The van der Waals surface area contributed by atoms with Crippen LogP contribution in [0.1, 0.15) is 12.0 Å². The smallest absolute Gasteiger partial charge is 0.301 e. The second-order valence-electron chi connectivity index (χ2n) is 7.20. The molecular formula is C20H17F2N5O4S. The first-order valence-electron chi connectivity index (χ1n) is 9.47. The summed E-state index contributed by atoms with van der Waals surface area (Å²) >= 11 is 0. The zero-order chi connectivity index (χ0) is 23.0. The number of rotatable bonds is 5. The molecule has 1 aromatic heterocycles. The summed E-state index contributed by atoms with van der Waals surface area (Å²) in [4.78, 5) is 16.4. The second-order valence-corrected chi connectivity index (χ2v) is 8.87. The number of aromatic nitrogens is 2. The Morgan fingerprint density at radius 1 is 1.31 bits per heavy atom. The standard InChI is InChI=1S/C20H17F2N5O4S/c1-26-11-24-17-4-2-13(8-14(17)20(26)28)31-19-15(9-23)18(5-3-16(19)22)25-32(29,30)27-7-6-12(21)10-27/h2-5,8,11-12,25H,6-7,10H2,1H3/t12-/m0/s1. The van der Waals surface area contributed by atoms with E-state index in [2.05, 4.69) is 9.71 Å². The number of nitriles is 1. The molecule has 2 aromatic carbocycles. The van der Waals surface area contributed by atoms with E-state index in [-0.39, 0.29) is 41.9 Å². The minimum absolute atomic E-state index is 0.0109. The highest BCUT2D eigenvalue weighted by molar-refractivity contribution is 7.90. The molecule has 0 spiro atoms. The SMILES string of the molecule is Cn1cnc2ccc(Oc3c(F)ccc(NS(=O)(=O)N4CC[C@H](F)C4)c3C#N)cc2c1=O. The van der Waals surface area contributed by atoms with Crippen molar-refractivity contribution in [3.63, 3.8) is 0 Å². The summed E-state index contributed by atoms with van der Waals surface area (Å²) in [6.45, 7) is -0.315. The van der Waals surface area contributed by atoms with Crippen molar-refractivity contribution in [2.24, 2.45) is 7.05 Å². The number of aryl methyl sites for hydroxylation is 1. The van der Waals surface area contributed by atoms with Crippen LogP contribution in [-0.4, -0.2) is 41.5 Å². The highest BCUT2D eigenvalue weighted by atomic mass is 32.2. The fourth-order valence-corrected chi connectivity index (χ4v) is 4.61. The molecule has 1 aliphatic heterocycles. The first-order chi connectivity index (χ1) is 15.2. The molecule has 2 heterocycles. The lowest BCUT2D eigenvalue weighted by molar-refractivity contribution is 0.343. The van der Waals surface area contributed by atoms with Gasteiger partial charge in [-0.15, -0.1) is 0 Å². The first kappa shape index (κ1) is 21.7. The second kappa shape index (κ2) is 8.18. The van der Waals surface area contributed by atoms with Gasteiger partial charge >= 0.3 is 10.2 Å². The van der Waals surface area contributed by atoms with Gasteiger partial charge < -0.3 is 9.30 Å². The third kappa shape index (κ3) is 4.00. The number of hydrogen-bond donors (Lipinski definition) is 1. The molecule has 3 aromatic rings. The number of ether oxygens (including phenoxy) is 1. The molecule has 4 rings (SSSR count). The number of fused-ring (bicyclic) bond motifs is 1. The van der Waals surface area contributed by atoms with Gasteiger partial charge in [0, 0.05) is 20.1 Å². The number of benzene rings is 2.